The lowest BCUT2D eigenvalue weighted by Crippen LogP contribution is -2.30. The average Bonchev–Trinajstić information content (AvgIpc) is 2.73. The van der Waals surface area contributed by atoms with Gasteiger partial charge in [0.2, 0.25) is 11.8 Å². The summed E-state index contributed by atoms with van der Waals surface area (Å²) in [7, 11) is 0. The fourth-order valence-electron chi connectivity index (χ4n) is 3.29. The number of nitrogens with two attached hydrogens (primary N) is 1. The molecule has 0 saturated carbocycles. The predicted octanol–water partition coefficient (Wildman–Crippen LogP) is 3.34. The molecular weight excluding hydrogens is 372 g/mol. The molecule has 0 bridgehead atoms. The van der Waals surface area contributed by atoms with Gasteiger partial charge in [0.15, 0.2) is 0 Å². The van der Waals surface area contributed by atoms with Crippen molar-refractivity contribution in [3.05, 3.63) is 69.8 Å². The summed E-state index contributed by atoms with van der Waals surface area (Å²) in [4.78, 5) is 36.6. The third-order valence-electron chi connectivity index (χ3n) is 4.74. The van der Waals surface area contributed by atoms with E-state index in [1.165, 1.54) is 30.7 Å². The van der Waals surface area contributed by atoms with Gasteiger partial charge in [0, 0.05) is 36.9 Å². The first-order valence-electron chi connectivity index (χ1n) is 9.36. The molecule has 2 aromatic rings. The molecule has 2 aromatic carbocycles. The number of nitro groups is 1. The van der Waals surface area contributed by atoms with Crippen LogP contribution in [0.1, 0.15) is 35.2 Å². The molecular formula is C21H22N4O4. The lowest BCUT2D eigenvalue weighted by molar-refractivity contribution is -0.384. The van der Waals surface area contributed by atoms with Crippen molar-refractivity contribution in [2.45, 2.75) is 19.3 Å². The van der Waals surface area contributed by atoms with Crippen LogP contribution in [0, 0.1) is 10.1 Å². The van der Waals surface area contributed by atoms with Crippen molar-refractivity contribution in [1.82, 2.24) is 0 Å². The van der Waals surface area contributed by atoms with Crippen LogP contribution in [-0.2, 0) is 4.79 Å². The maximum atomic E-state index is 12.5. The van der Waals surface area contributed by atoms with E-state index in [1.807, 2.05) is 0 Å². The van der Waals surface area contributed by atoms with Gasteiger partial charge in [-0.05, 0) is 49.1 Å². The molecule has 3 rings (SSSR count). The maximum absolute atomic E-state index is 12.5. The van der Waals surface area contributed by atoms with E-state index < -0.39 is 16.7 Å². The Morgan fingerprint density at radius 1 is 1.10 bits per heavy atom. The summed E-state index contributed by atoms with van der Waals surface area (Å²) in [6.45, 7) is 1.75. The Kier molecular flexibility index (Phi) is 6.23. The van der Waals surface area contributed by atoms with E-state index in [0.29, 0.717) is 16.8 Å². The number of non-ortho nitro benzene ring substituents is 1. The number of anilines is 2. The summed E-state index contributed by atoms with van der Waals surface area (Å²) >= 11 is 0. The SMILES string of the molecule is NC(=O)c1ccc(N2CCCCC2)c(NC(=O)/C=C/c2cccc([N+](=O)[O-])c2)c1. The number of hydrogen-bond acceptors (Lipinski definition) is 5. The number of nitro benzene ring substituents is 1. The highest BCUT2D eigenvalue weighted by molar-refractivity contribution is 6.05. The van der Waals surface area contributed by atoms with Crippen LogP contribution >= 0.6 is 0 Å². The minimum atomic E-state index is -0.571. The first kappa shape index (κ1) is 20.1. The highest BCUT2D eigenvalue weighted by Crippen LogP contribution is 2.30. The second-order valence-corrected chi connectivity index (χ2v) is 6.82. The molecule has 8 heteroatoms. The first-order valence-corrected chi connectivity index (χ1v) is 9.36. The second kappa shape index (κ2) is 9.01. The number of benzene rings is 2. The number of primary amides is 1. The molecule has 0 unspecified atom stereocenters. The van der Waals surface area contributed by atoms with Crippen molar-refractivity contribution in [3.63, 3.8) is 0 Å². The van der Waals surface area contributed by atoms with Gasteiger partial charge in [-0.2, -0.15) is 0 Å². The predicted molar refractivity (Wildman–Crippen MR) is 112 cm³/mol. The van der Waals surface area contributed by atoms with Crippen LogP contribution in [0.3, 0.4) is 0 Å². The van der Waals surface area contributed by atoms with E-state index in [0.717, 1.165) is 31.6 Å². The molecule has 0 aliphatic carbocycles. The maximum Gasteiger partial charge on any atom is 0.270 e. The molecule has 1 saturated heterocycles. The highest BCUT2D eigenvalue weighted by atomic mass is 16.6. The molecule has 29 heavy (non-hydrogen) atoms. The number of piperidine rings is 1. The number of amides is 2. The van der Waals surface area contributed by atoms with Crippen LogP contribution in [0.15, 0.2) is 48.5 Å². The van der Waals surface area contributed by atoms with E-state index in [2.05, 4.69) is 10.2 Å². The molecule has 1 heterocycles. The van der Waals surface area contributed by atoms with Gasteiger partial charge in [-0.3, -0.25) is 19.7 Å². The quantitative estimate of drug-likeness (QED) is 0.442. The van der Waals surface area contributed by atoms with E-state index in [-0.39, 0.29) is 5.69 Å². The largest absolute Gasteiger partial charge is 0.370 e. The van der Waals surface area contributed by atoms with Crippen LogP contribution in [0.25, 0.3) is 6.08 Å². The van der Waals surface area contributed by atoms with Gasteiger partial charge < -0.3 is 16.0 Å². The van der Waals surface area contributed by atoms with Gasteiger partial charge in [-0.1, -0.05) is 12.1 Å². The van der Waals surface area contributed by atoms with Crippen molar-refractivity contribution in [1.29, 1.82) is 0 Å². The minimum absolute atomic E-state index is 0.0471. The van der Waals surface area contributed by atoms with Crippen LogP contribution < -0.4 is 16.0 Å². The van der Waals surface area contributed by atoms with Gasteiger partial charge in [0.25, 0.3) is 5.69 Å². The summed E-state index contributed by atoms with van der Waals surface area (Å²) < 4.78 is 0. The molecule has 150 valence electrons. The van der Waals surface area contributed by atoms with E-state index >= 15 is 0 Å². The van der Waals surface area contributed by atoms with E-state index in [1.54, 1.807) is 30.3 Å². The number of carbonyl (C=O) groups is 2. The van der Waals surface area contributed by atoms with Gasteiger partial charge in [-0.25, -0.2) is 0 Å². The number of nitrogens with one attached hydrogen (secondary N) is 1. The Hall–Kier alpha value is -3.68. The normalized spacial score (nSPS) is 14.0. The van der Waals surface area contributed by atoms with Gasteiger partial charge in [0.1, 0.15) is 0 Å². The van der Waals surface area contributed by atoms with E-state index in [9.17, 15) is 19.7 Å². The van der Waals surface area contributed by atoms with Crippen molar-refractivity contribution in [2.24, 2.45) is 5.73 Å². The summed E-state index contributed by atoms with van der Waals surface area (Å²) in [5, 5.41) is 13.7. The van der Waals surface area contributed by atoms with Crippen molar-refractivity contribution < 1.29 is 14.5 Å². The zero-order valence-electron chi connectivity index (χ0n) is 15.8. The molecule has 0 atom stereocenters. The highest BCUT2D eigenvalue weighted by Gasteiger charge is 2.17. The van der Waals surface area contributed by atoms with Gasteiger partial charge in [-0.15, -0.1) is 0 Å². The van der Waals surface area contributed by atoms with Crippen molar-refractivity contribution >= 4 is 35.0 Å². The van der Waals surface area contributed by atoms with Crippen LogP contribution in [0.4, 0.5) is 17.1 Å². The summed E-state index contributed by atoms with van der Waals surface area (Å²) in [6.07, 6.45) is 6.11. The minimum Gasteiger partial charge on any atom is -0.370 e. The molecule has 0 spiro atoms. The molecule has 0 aromatic heterocycles. The Morgan fingerprint density at radius 2 is 1.86 bits per heavy atom. The molecule has 3 N–H and O–H groups in total. The fourth-order valence-corrected chi connectivity index (χ4v) is 3.29. The van der Waals surface area contributed by atoms with Crippen molar-refractivity contribution in [3.8, 4) is 0 Å². The number of hydrogen-bond donors (Lipinski definition) is 2. The van der Waals surface area contributed by atoms with Gasteiger partial charge in [0.05, 0.1) is 16.3 Å². The first-order chi connectivity index (χ1) is 13.9. The molecule has 1 fully saturated rings. The summed E-state index contributed by atoms with van der Waals surface area (Å²) in [5.41, 5.74) is 7.53. The van der Waals surface area contributed by atoms with Crippen LogP contribution in [0.2, 0.25) is 0 Å². The zero-order valence-corrected chi connectivity index (χ0v) is 15.8. The molecule has 0 radical (unpaired) electrons. The van der Waals surface area contributed by atoms with Crippen molar-refractivity contribution in [2.75, 3.05) is 23.3 Å². The molecule has 1 aliphatic rings. The van der Waals surface area contributed by atoms with Gasteiger partial charge >= 0.3 is 0 Å². The fraction of sp³-hybridized carbons (Fsp3) is 0.238. The lowest BCUT2D eigenvalue weighted by Gasteiger charge is -2.30. The monoisotopic (exact) mass is 394 g/mol. The summed E-state index contributed by atoms with van der Waals surface area (Å²) in [5.74, 6) is -0.978. The smallest absolute Gasteiger partial charge is 0.270 e. The topological polar surface area (TPSA) is 119 Å². The average molecular weight is 394 g/mol. The number of nitrogens with zero attached hydrogens (tertiary/aromatic N) is 2. The Morgan fingerprint density at radius 3 is 2.55 bits per heavy atom. The zero-order chi connectivity index (χ0) is 20.8. The third-order valence-corrected chi connectivity index (χ3v) is 4.74. The number of carbonyl (C=O) groups excluding carboxylic acids is 2. The third kappa shape index (κ3) is 5.19. The second-order valence-electron chi connectivity index (χ2n) is 6.82. The van der Waals surface area contributed by atoms with Crippen LogP contribution in [0.5, 0.6) is 0 Å². The molecule has 2 amide bonds. The standard InChI is InChI=1S/C21H22N4O4/c22-21(27)16-8-9-19(24-11-2-1-3-12-24)18(14-16)23-20(26)10-7-15-5-4-6-17(13-15)25(28)29/h4-10,13-14H,1-3,11-12H2,(H2,22,27)(H,23,26)/b10-7+. The van der Waals surface area contributed by atoms with E-state index in [4.69, 9.17) is 5.73 Å². The molecule has 1 aliphatic heterocycles. The summed E-state index contributed by atoms with van der Waals surface area (Å²) in [6, 6.07) is 11.0. The Bertz CT molecular complexity index is 965. The Balaban J connectivity index is 1.81. The van der Waals surface area contributed by atoms with Crippen LogP contribution in [-0.4, -0.2) is 29.8 Å². The Labute approximate surface area is 168 Å². The lowest BCUT2D eigenvalue weighted by atomic mass is 10.1. The molecule has 8 nitrogen and oxygen atoms in total. The number of rotatable bonds is 6.